The third-order valence-electron chi connectivity index (χ3n) is 3.06. The first-order chi connectivity index (χ1) is 9.22. The van der Waals surface area contributed by atoms with E-state index in [0.717, 1.165) is 11.1 Å². The molecular formula is C16H15ClN2. The van der Waals surface area contributed by atoms with Crippen LogP contribution in [0.15, 0.2) is 54.6 Å². The van der Waals surface area contributed by atoms with Crippen LogP contribution in [0.1, 0.15) is 30.1 Å². The zero-order valence-electron chi connectivity index (χ0n) is 10.7. The first-order valence-electron chi connectivity index (χ1n) is 6.17. The second kappa shape index (κ2) is 6.38. The molecule has 0 aliphatic carbocycles. The van der Waals surface area contributed by atoms with Crippen molar-refractivity contribution in [2.45, 2.75) is 19.0 Å². The molecule has 0 bridgehead atoms. The number of nitrogens with one attached hydrogen (secondary N) is 1. The summed E-state index contributed by atoms with van der Waals surface area (Å²) in [6, 6.07) is 19.4. The Morgan fingerprint density at radius 1 is 1.05 bits per heavy atom. The third-order valence-corrected chi connectivity index (χ3v) is 3.41. The van der Waals surface area contributed by atoms with E-state index in [2.05, 4.69) is 11.4 Å². The number of hydrogen-bond donors (Lipinski definition) is 1. The Morgan fingerprint density at radius 2 is 1.68 bits per heavy atom. The van der Waals surface area contributed by atoms with Crippen LogP contribution in [-0.4, -0.2) is 0 Å². The lowest BCUT2D eigenvalue weighted by Gasteiger charge is -2.19. The standard InChI is InChI=1S/C16H15ClN2/c1-12(13-7-3-2-4-8-13)19-16(11-18)14-9-5-6-10-15(14)17/h2-10,12,16,19H,1H3/t12-,16+/m1/s1. The smallest absolute Gasteiger partial charge is 0.123 e. The lowest BCUT2D eigenvalue weighted by atomic mass is 10.0. The summed E-state index contributed by atoms with van der Waals surface area (Å²) in [5, 5.41) is 13.2. The molecule has 0 aromatic heterocycles. The average molecular weight is 271 g/mol. The van der Waals surface area contributed by atoms with Crippen LogP contribution in [0.4, 0.5) is 0 Å². The maximum atomic E-state index is 9.33. The number of nitriles is 1. The van der Waals surface area contributed by atoms with Gasteiger partial charge in [-0.15, -0.1) is 0 Å². The van der Waals surface area contributed by atoms with Crippen LogP contribution >= 0.6 is 11.6 Å². The average Bonchev–Trinajstić information content (AvgIpc) is 2.46. The number of benzene rings is 2. The molecular weight excluding hydrogens is 256 g/mol. The van der Waals surface area contributed by atoms with Gasteiger partial charge in [-0.1, -0.05) is 60.1 Å². The zero-order valence-corrected chi connectivity index (χ0v) is 11.4. The van der Waals surface area contributed by atoms with E-state index < -0.39 is 6.04 Å². The molecule has 0 aliphatic heterocycles. The molecule has 2 atom stereocenters. The first kappa shape index (κ1) is 13.6. The molecule has 2 rings (SSSR count). The van der Waals surface area contributed by atoms with E-state index in [1.54, 1.807) is 6.07 Å². The van der Waals surface area contributed by atoms with Gasteiger partial charge in [-0.2, -0.15) is 5.26 Å². The van der Waals surface area contributed by atoms with Crippen molar-refractivity contribution in [3.63, 3.8) is 0 Å². The zero-order chi connectivity index (χ0) is 13.7. The fourth-order valence-electron chi connectivity index (χ4n) is 1.99. The van der Waals surface area contributed by atoms with Crippen molar-refractivity contribution in [1.29, 1.82) is 5.26 Å². The summed E-state index contributed by atoms with van der Waals surface area (Å²) >= 11 is 6.14. The van der Waals surface area contributed by atoms with Gasteiger partial charge in [-0.25, -0.2) is 0 Å². The van der Waals surface area contributed by atoms with Gasteiger partial charge in [0.2, 0.25) is 0 Å². The monoisotopic (exact) mass is 270 g/mol. The topological polar surface area (TPSA) is 35.8 Å². The van der Waals surface area contributed by atoms with Crippen LogP contribution in [0.2, 0.25) is 5.02 Å². The summed E-state index contributed by atoms with van der Waals surface area (Å²) in [7, 11) is 0. The van der Waals surface area contributed by atoms with E-state index in [1.807, 2.05) is 55.5 Å². The summed E-state index contributed by atoms with van der Waals surface area (Å²) in [5.74, 6) is 0. The Bertz CT molecular complexity index is 575. The number of rotatable bonds is 4. The highest BCUT2D eigenvalue weighted by atomic mass is 35.5. The van der Waals surface area contributed by atoms with Crippen LogP contribution in [-0.2, 0) is 0 Å². The normalized spacial score (nSPS) is 13.5. The van der Waals surface area contributed by atoms with Crippen molar-refractivity contribution in [3.05, 3.63) is 70.7 Å². The molecule has 1 N–H and O–H groups in total. The lowest BCUT2D eigenvalue weighted by molar-refractivity contribution is 0.533. The van der Waals surface area contributed by atoms with Crippen molar-refractivity contribution < 1.29 is 0 Å². The SMILES string of the molecule is C[C@@H](N[C@@H](C#N)c1ccccc1Cl)c1ccccc1. The van der Waals surface area contributed by atoms with Gasteiger partial charge in [0.15, 0.2) is 0 Å². The molecule has 2 aromatic carbocycles. The molecule has 96 valence electrons. The Morgan fingerprint density at radius 3 is 2.32 bits per heavy atom. The summed E-state index contributed by atoms with van der Waals surface area (Å²) in [6.45, 7) is 2.04. The number of nitrogens with zero attached hydrogens (tertiary/aromatic N) is 1. The molecule has 0 heterocycles. The molecule has 0 saturated heterocycles. The second-order valence-electron chi connectivity index (χ2n) is 4.38. The minimum Gasteiger partial charge on any atom is -0.292 e. The van der Waals surface area contributed by atoms with Crippen molar-refractivity contribution in [2.75, 3.05) is 0 Å². The van der Waals surface area contributed by atoms with Crippen LogP contribution in [0.3, 0.4) is 0 Å². The van der Waals surface area contributed by atoms with Gasteiger partial charge in [-0.05, 0) is 18.6 Å². The molecule has 0 fully saturated rings. The molecule has 0 saturated carbocycles. The van der Waals surface area contributed by atoms with Gasteiger partial charge in [-0.3, -0.25) is 5.32 Å². The largest absolute Gasteiger partial charge is 0.292 e. The summed E-state index contributed by atoms with van der Waals surface area (Å²) in [6.07, 6.45) is 0. The quantitative estimate of drug-likeness (QED) is 0.901. The highest BCUT2D eigenvalue weighted by Gasteiger charge is 2.16. The molecule has 0 amide bonds. The Hall–Kier alpha value is -1.82. The molecule has 0 radical (unpaired) electrons. The lowest BCUT2D eigenvalue weighted by Crippen LogP contribution is -2.23. The molecule has 0 unspecified atom stereocenters. The Labute approximate surface area is 118 Å². The Kier molecular flexibility index (Phi) is 4.57. The van der Waals surface area contributed by atoms with Crippen LogP contribution in [0.25, 0.3) is 0 Å². The number of hydrogen-bond acceptors (Lipinski definition) is 2. The number of halogens is 1. The molecule has 3 heteroatoms. The van der Waals surface area contributed by atoms with E-state index >= 15 is 0 Å². The minimum absolute atomic E-state index is 0.0853. The summed E-state index contributed by atoms with van der Waals surface area (Å²) < 4.78 is 0. The van der Waals surface area contributed by atoms with E-state index in [0.29, 0.717) is 5.02 Å². The maximum Gasteiger partial charge on any atom is 0.123 e. The van der Waals surface area contributed by atoms with Crippen molar-refractivity contribution >= 4 is 11.6 Å². The minimum atomic E-state index is -0.413. The van der Waals surface area contributed by atoms with Gasteiger partial charge in [0.1, 0.15) is 6.04 Å². The van der Waals surface area contributed by atoms with Crippen molar-refractivity contribution in [1.82, 2.24) is 5.32 Å². The molecule has 2 aromatic rings. The van der Waals surface area contributed by atoms with Crippen LogP contribution < -0.4 is 5.32 Å². The van der Waals surface area contributed by atoms with Crippen LogP contribution in [0, 0.1) is 11.3 Å². The summed E-state index contributed by atoms with van der Waals surface area (Å²) in [4.78, 5) is 0. The summed E-state index contributed by atoms with van der Waals surface area (Å²) in [5.41, 5.74) is 1.96. The Balaban J connectivity index is 2.17. The maximum absolute atomic E-state index is 9.33. The van der Waals surface area contributed by atoms with Gasteiger partial charge >= 0.3 is 0 Å². The predicted octanol–water partition coefficient (Wildman–Crippen LogP) is 4.26. The third kappa shape index (κ3) is 3.35. The molecule has 0 spiro atoms. The highest BCUT2D eigenvalue weighted by Crippen LogP contribution is 2.25. The van der Waals surface area contributed by atoms with E-state index in [1.165, 1.54) is 0 Å². The van der Waals surface area contributed by atoms with E-state index in [4.69, 9.17) is 11.6 Å². The second-order valence-corrected chi connectivity index (χ2v) is 4.79. The van der Waals surface area contributed by atoms with Gasteiger partial charge in [0, 0.05) is 16.6 Å². The van der Waals surface area contributed by atoms with Crippen molar-refractivity contribution in [3.8, 4) is 6.07 Å². The van der Waals surface area contributed by atoms with Gasteiger partial charge in [0.25, 0.3) is 0 Å². The van der Waals surface area contributed by atoms with Crippen molar-refractivity contribution in [2.24, 2.45) is 0 Å². The first-order valence-corrected chi connectivity index (χ1v) is 6.55. The van der Waals surface area contributed by atoms with Gasteiger partial charge in [0.05, 0.1) is 6.07 Å². The van der Waals surface area contributed by atoms with E-state index in [9.17, 15) is 5.26 Å². The highest BCUT2D eigenvalue weighted by molar-refractivity contribution is 6.31. The van der Waals surface area contributed by atoms with Crippen LogP contribution in [0.5, 0.6) is 0 Å². The molecule has 2 nitrogen and oxygen atoms in total. The fraction of sp³-hybridized carbons (Fsp3) is 0.188. The molecule has 19 heavy (non-hydrogen) atoms. The van der Waals surface area contributed by atoms with Gasteiger partial charge < -0.3 is 0 Å². The fourth-order valence-corrected chi connectivity index (χ4v) is 2.24. The van der Waals surface area contributed by atoms with E-state index in [-0.39, 0.29) is 6.04 Å². The molecule has 0 aliphatic rings. The predicted molar refractivity (Wildman–Crippen MR) is 77.8 cm³/mol.